The first-order valence-electron chi connectivity index (χ1n) is 6.69. The minimum Gasteiger partial charge on any atom is -0.372 e. The monoisotopic (exact) mass is 252 g/mol. The number of hydrogen-bond donors (Lipinski definition) is 1. The van der Waals surface area contributed by atoms with Crippen LogP contribution in [0.2, 0.25) is 0 Å². The molecule has 0 saturated carbocycles. The summed E-state index contributed by atoms with van der Waals surface area (Å²) in [5, 5.41) is 0. The normalized spacial score (nSPS) is 11.6. The Morgan fingerprint density at radius 1 is 1.22 bits per heavy atom. The van der Waals surface area contributed by atoms with Crippen molar-refractivity contribution in [3.05, 3.63) is 30.1 Å². The third-order valence-electron chi connectivity index (χ3n) is 3.41. The fourth-order valence-corrected chi connectivity index (χ4v) is 1.97. The van der Waals surface area contributed by atoms with Gasteiger partial charge in [-0.15, -0.1) is 0 Å². The van der Waals surface area contributed by atoms with E-state index in [2.05, 4.69) is 25.7 Å². The van der Waals surface area contributed by atoms with Crippen LogP contribution >= 0.6 is 0 Å². The summed E-state index contributed by atoms with van der Waals surface area (Å²) in [6.07, 6.45) is 2.22. The van der Waals surface area contributed by atoms with E-state index >= 15 is 0 Å². The first kappa shape index (κ1) is 15.0. The van der Waals surface area contributed by atoms with Gasteiger partial charge in [-0.25, -0.2) is 4.39 Å². The molecule has 0 saturated heterocycles. The molecule has 0 atom stereocenters. The Kier molecular flexibility index (Phi) is 5.60. The number of nitrogens with zero attached hydrogens (tertiary/aromatic N) is 1. The third-order valence-corrected chi connectivity index (χ3v) is 3.41. The average Bonchev–Trinajstić information content (AvgIpc) is 2.36. The molecule has 2 nitrogen and oxygen atoms in total. The zero-order valence-electron chi connectivity index (χ0n) is 11.7. The lowest BCUT2D eigenvalue weighted by Gasteiger charge is -2.27. The van der Waals surface area contributed by atoms with Gasteiger partial charge >= 0.3 is 0 Å². The average molecular weight is 252 g/mol. The second-order valence-electron chi connectivity index (χ2n) is 5.53. The van der Waals surface area contributed by atoms with Crippen molar-refractivity contribution >= 4 is 5.69 Å². The Morgan fingerprint density at radius 3 is 2.33 bits per heavy atom. The molecule has 0 aliphatic heterocycles. The summed E-state index contributed by atoms with van der Waals surface area (Å²) < 4.78 is 12.9. The topological polar surface area (TPSA) is 29.3 Å². The van der Waals surface area contributed by atoms with E-state index in [4.69, 9.17) is 5.73 Å². The van der Waals surface area contributed by atoms with Crippen LogP contribution in [0.4, 0.5) is 10.1 Å². The molecule has 0 aliphatic carbocycles. The molecule has 1 aromatic carbocycles. The summed E-state index contributed by atoms with van der Waals surface area (Å²) in [6, 6.07) is 6.71. The summed E-state index contributed by atoms with van der Waals surface area (Å²) >= 11 is 0. The van der Waals surface area contributed by atoms with E-state index < -0.39 is 0 Å². The minimum absolute atomic E-state index is 0.181. The van der Waals surface area contributed by atoms with Crippen LogP contribution in [0.5, 0.6) is 0 Å². The van der Waals surface area contributed by atoms with E-state index in [1.54, 1.807) is 0 Å². The molecule has 1 rings (SSSR count). The van der Waals surface area contributed by atoms with Crippen molar-refractivity contribution in [2.75, 3.05) is 24.5 Å². The van der Waals surface area contributed by atoms with Gasteiger partial charge in [0.1, 0.15) is 5.82 Å². The number of rotatable bonds is 7. The molecule has 0 aliphatic rings. The van der Waals surface area contributed by atoms with Crippen LogP contribution in [0.25, 0.3) is 0 Å². The summed E-state index contributed by atoms with van der Waals surface area (Å²) in [5.74, 6) is -0.181. The highest BCUT2D eigenvalue weighted by Crippen LogP contribution is 2.22. The molecule has 102 valence electrons. The standard InChI is InChI=1S/C15H25FN2/c1-4-18(11-5-10-15(2,3)12-17)14-8-6-13(16)7-9-14/h6-9H,4-5,10-12,17H2,1-3H3. The molecule has 0 spiro atoms. The second-order valence-corrected chi connectivity index (χ2v) is 5.53. The highest BCUT2D eigenvalue weighted by molar-refractivity contribution is 5.45. The molecular weight excluding hydrogens is 227 g/mol. The van der Waals surface area contributed by atoms with Crippen LogP contribution in [0.1, 0.15) is 33.6 Å². The summed E-state index contributed by atoms with van der Waals surface area (Å²) in [7, 11) is 0. The van der Waals surface area contributed by atoms with E-state index in [0.717, 1.165) is 38.2 Å². The van der Waals surface area contributed by atoms with Gasteiger partial charge in [-0.05, 0) is 56.0 Å². The largest absolute Gasteiger partial charge is 0.372 e. The fourth-order valence-electron chi connectivity index (χ4n) is 1.97. The van der Waals surface area contributed by atoms with Crippen LogP contribution < -0.4 is 10.6 Å². The highest BCUT2D eigenvalue weighted by atomic mass is 19.1. The maximum Gasteiger partial charge on any atom is 0.123 e. The maximum absolute atomic E-state index is 12.9. The Morgan fingerprint density at radius 2 is 1.83 bits per heavy atom. The van der Waals surface area contributed by atoms with Crippen LogP contribution in [-0.2, 0) is 0 Å². The summed E-state index contributed by atoms with van der Waals surface area (Å²) in [5.41, 5.74) is 7.03. The molecule has 0 amide bonds. The minimum atomic E-state index is -0.181. The highest BCUT2D eigenvalue weighted by Gasteiger charge is 2.15. The lowest BCUT2D eigenvalue weighted by Crippen LogP contribution is -2.28. The van der Waals surface area contributed by atoms with Crippen molar-refractivity contribution in [1.82, 2.24) is 0 Å². The van der Waals surface area contributed by atoms with Crippen molar-refractivity contribution in [3.63, 3.8) is 0 Å². The van der Waals surface area contributed by atoms with Crippen molar-refractivity contribution in [2.24, 2.45) is 11.1 Å². The Bertz CT molecular complexity index is 346. The van der Waals surface area contributed by atoms with E-state index in [1.807, 2.05) is 12.1 Å². The van der Waals surface area contributed by atoms with Gasteiger partial charge in [0.2, 0.25) is 0 Å². The zero-order valence-corrected chi connectivity index (χ0v) is 11.7. The van der Waals surface area contributed by atoms with Gasteiger partial charge in [-0.1, -0.05) is 13.8 Å². The molecule has 0 fully saturated rings. The molecule has 3 heteroatoms. The van der Waals surface area contributed by atoms with Gasteiger partial charge in [0.25, 0.3) is 0 Å². The SMILES string of the molecule is CCN(CCCC(C)(C)CN)c1ccc(F)cc1. The molecule has 0 aromatic heterocycles. The van der Waals surface area contributed by atoms with Gasteiger partial charge in [-0.3, -0.25) is 0 Å². The predicted octanol–water partition coefficient (Wildman–Crippen LogP) is 3.42. The van der Waals surface area contributed by atoms with E-state index in [-0.39, 0.29) is 11.2 Å². The number of halogens is 1. The molecule has 0 radical (unpaired) electrons. The van der Waals surface area contributed by atoms with Gasteiger partial charge < -0.3 is 10.6 Å². The molecular formula is C15H25FN2. The lowest BCUT2D eigenvalue weighted by atomic mass is 9.88. The zero-order chi connectivity index (χ0) is 13.6. The number of nitrogens with two attached hydrogens (primary N) is 1. The van der Waals surface area contributed by atoms with Crippen molar-refractivity contribution in [1.29, 1.82) is 0 Å². The number of benzene rings is 1. The van der Waals surface area contributed by atoms with E-state index in [1.165, 1.54) is 12.1 Å². The van der Waals surface area contributed by atoms with Crippen molar-refractivity contribution in [3.8, 4) is 0 Å². The first-order valence-corrected chi connectivity index (χ1v) is 6.69. The smallest absolute Gasteiger partial charge is 0.123 e. The summed E-state index contributed by atoms with van der Waals surface area (Å²) in [6.45, 7) is 9.16. The quantitative estimate of drug-likeness (QED) is 0.805. The number of hydrogen-bond acceptors (Lipinski definition) is 2. The van der Waals surface area contributed by atoms with Gasteiger partial charge in [-0.2, -0.15) is 0 Å². The lowest BCUT2D eigenvalue weighted by molar-refractivity contribution is 0.338. The van der Waals surface area contributed by atoms with Gasteiger partial charge in [0.05, 0.1) is 0 Å². The molecule has 1 aromatic rings. The maximum atomic E-state index is 12.9. The Labute approximate surface area is 110 Å². The molecule has 0 heterocycles. The van der Waals surface area contributed by atoms with E-state index in [0.29, 0.717) is 0 Å². The van der Waals surface area contributed by atoms with Gasteiger partial charge in [0, 0.05) is 18.8 Å². The van der Waals surface area contributed by atoms with Crippen molar-refractivity contribution < 1.29 is 4.39 Å². The first-order chi connectivity index (χ1) is 8.48. The van der Waals surface area contributed by atoms with Crippen LogP contribution in [0, 0.1) is 11.2 Å². The van der Waals surface area contributed by atoms with E-state index in [9.17, 15) is 4.39 Å². The number of anilines is 1. The van der Waals surface area contributed by atoms with Crippen LogP contribution in [-0.4, -0.2) is 19.6 Å². The Balaban J connectivity index is 2.50. The van der Waals surface area contributed by atoms with Gasteiger partial charge in [0.15, 0.2) is 0 Å². The molecule has 0 unspecified atom stereocenters. The third kappa shape index (κ3) is 4.65. The summed E-state index contributed by atoms with van der Waals surface area (Å²) in [4.78, 5) is 2.27. The fraction of sp³-hybridized carbons (Fsp3) is 0.600. The van der Waals surface area contributed by atoms with Crippen LogP contribution in [0.3, 0.4) is 0 Å². The molecule has 18 heavy (non-hydrogen) atoms. The molecule has 0 bridgehead atoms. The second kappa shape index (κ2) is 6.74. The predicted molar refractivity (Wildman–Crippen MR) is 76.4 cm³/mol. The van der Waals surface area contributed by atoms with Crippen LogP contribution in [0.15, 0.2) is 24.3 Å². The molecule has 2 N–H and O–H groups in total. The Hall–Kier alpha value is -1.09. The van der Waals surface area contributed by atoms with Crippen molar-refractivity contribution in [2.45, 2.75) is 33.6 Å².